The van der Waals surface area contributed by atoms with Crippen LogP contribution in [0.25, 0.3) is 33.8 Å². The van der Waals surface area contributed by atoms with Gasteiger partial charge in [-0.3, -0.25) is 0 Å². The largest absolute Gasteiger partial charge is 0.477 e. The Labute approximate surface area is 147 Å². The highest BCUT2D eigenvalue weighted by atomic mass is 16.4. The number of aromatic amines is 2. The molecule has 128 valence electrons. The Hall–Kier alpha value is -3.81. The Morgan fingerprint density at radius 2 is 1.69 bits per heavy atom. The number of imidazole rings is 1. The molecule has 0 saturated carbocycles. The number of aryl methyl sites for hydroxylation is 1. The van der Waals surface area contributed by atoms with Gasteiger partial charge in [-0.15, -0.1) is 10.2 Å². The molecule has 4 rings (SSSR count). The maximum absolute atomic E-state index is 11.4. The van der Waals surface area contributed by atoms with E-state index in [9.17, 15) is 9.90 Å². The number of nitrogens with one attached hydrogen (secondary N) is 2. The van der Waals surface area contributed by atoms with E-state index in [-0.39, 0.29) is 5.69 Å². The number of benzene rings is 2. The van der Waals surface area contributed by atoms with E-state index in [4.69, 9.17) is 0 Å². The van der Waals surface area contributed by atoms with Crippen LogP contribution in [0.2, 0.25) is 0 Å². The maximum atomic E-state index is 11.4. The van der Waals surface area contributed by atoms with Gasteiger partial charge in [0.1, 0.15) is 11.5 Å². The van der Waals surface area contributed by atoms with Crippen molar-refractivity contribution >= 4 is 5.97 Å². The highest BCUT2D eigenvalue weighted by molar-refractivity contribution is 5.93. The van der Waals surface area contributed by atoms with Crippen LogP contribution in [0, 0.1) is 6.92 Å². The molecule has 0 aliphatic carbocycles. The molecule has 0 spiro atoms. The summed E-state index contributed by atoms with van der Waals surface area (Å²) in [5.74, 6) is 0.0387. The first-order chi connectivity index (χ1) is 12.6. The summed E-state index contributed by atoms with van der Waals surface area (Å²) in [5, 5.41) is 23.5. The molecular formula is C18H14N6O2. The van der Waals surface area contributed by atoms with E-state index in [1.54, 1.807) is 6.92 Å². The quantitative estimate of drug-likeness (QED) is 0.522. The molecule has 0 saturated heterocycles. The molecule has 26 heavy (non-hydrogen) atoms. The van der Waals surface area contributed by atoms with E-state index >= 15 is 0 Å². The number of carbonyl (C=O) groups is 1. The Morgan fingerprint density at radius 1 is 1.00 bits per heavy atom. The molecule has 2 aromatic heterocycles. The number of hydrogen-bond acceptors (Lipinski definition) is 5. The van der Waals surface area contributed by atoms with Crippen LogP contribution in [0.15, 0.2) is 48.5 Å². The lowest BCUT2D eigenvalue weighted by molar-refractivity contribution is 0.0692. The van der Waals surface area contributed by atoms with Crippen LogP contribution in [0.1, 0.15) is 16.3 Å². The number of hydrogen-bond donors (Lipinski definition) is 3. The zero-order valence-corrected chi connectivity index (χ0v) is 13.8. The summed E-state index contributed by atoms with van der Waals surface area (Å²) in [6.45, 7) is 1.73. The van der Waals surface area contributed by atoms with Gasteiger partial charge in [0.25, 0.3) is 0 Å². The zero-order chi connectivity index (χ0) is 18.1. The molecule has 8 heteroatoms. The molecule has 2 aromatic carbocycles. The van der Waals surface area contributed by atoms with Gasteiger partial charge in [-0.05, 0) is 23.3 Å². The fourth-order valence-corrected chi connectivity index (χ4v) is 2.87. The third kappa shape index (κ3) is 2.73. The second-order valence-corrected chi connectivity index (χ2v) is 5.71. The minimum absolute atomic E-state index is 0.0856. The average molecular weight is 346 g/mol. The minimum atomic E-state index is -1.04. The molecular weight excluding hydrogens is 332 g/mol. The normalized spacial score (nSPS) is 10.8. The lowest BCUT2D eigenvalue weighted by Gasteiger charge is -2.07. The van der Waals surface area contributed by atoms with Gasteiger partial charge in [-0.25, -0.2) is 9.78 Å². The molecule has 0 aliphatic rings. The van der Waals surface area contributed by atoms with E-state index in [2.05, 4.69) is 30.6 Å². The Morgan fingerprint density at radius 3 is 2.35 bits per heavy atom. The first-order valence-corrected chi connectivity index (χ1v) is 7.87. The van der Waals surface area contributed by atoms with Gasteiger partial charge in [-0.2, -0.15) is 5.21 Å². The van der Waals surface area contributed by atoms with Gasteiger partial charge in [0.2, 0.25) is 5.82 Å². The average Bonchev–Trinajstić information content (AvgIpc) is 3.32. The number of carboxylic acids is 1. The molecule has 0 fully saturated rings. The van der Waals surface area contributed by atoms with Crippen molar-refractivity contribution in [3.8, 4) is 33.8 Å². The van der Waals surface area contributed by atoms with Crippen molar-refractivity contribution < 1.29 is 9.90 Å². The number of carboxylic acid groups (broad SMARTS) is 1. The summed E-state index contributed by atoms with van der Waals surface area (Å²) < 4.78 is 0. The van der Waals surface area contributed by atoms with Crippen LogP contribution in [0.3, 0.4) is 0 Å². The zero-order valence-electron chi connectivity index (χ0n) is 13.8. The number of nitrogens with zero attached hydrogens (tertiary/aromatic N) is 4. The minimum Gasteiger partial charge on any atom is -0.477 e. The van der Waals surface area contributed by atoms with Crippen LogP contribution < -0.4 is 0 Å². The van der Waals surface area contributed by atoms with Crippen molar-refractivity contribution in [3.05, 3.63) is 60.0 Å². The topological polar surface area (TPSA) is 120 Å². The van der Waals surface area contributed by atoms with Gasteiger partial charge < -0.3 is 10.1 Å². The molecule has 3 N–H and O–H groups in total. The number of tetrazole rings is 1. The first kappa shape index (κ1) is 15.7. The second-order valence-electron chi connectivity index (χ2n) is 5.71. The first-order valence-electron chi connectivity index (χ1n) is 7.87. The molecule has 0 atom stereocenters. The molecule has 4 aromatic rings. The standard InChI is InChI=1S/C18H14N6O2/c1-10-19-15(16(20-10)18(25)26)12-8-6-11(7-9-12)13-4-2-3-5-14(13)17-21-23-24-22-17/h2-9H,1H3,(H,19,20)(H,25,26)(H,21,22,23,24). The smallest absolute Gasteiger partial charge is 0.354 e. The van der Waals surface area contributed by atoms with Crippen LogP contribution in [0.5, 0.6) is 0 Å². The van der Waals surface area contributed by atoms with Gasteiger partial charge in [0.05, 0.1) is 0 Å². The summed E-state index contributed by atoms with van der Waals surface area (Å²) in [7, 11) is 0. The molecule has 8 nitrogen and oxygen atoms in total. The maximum Gasteiger partial charge on any atom is 0.354 e. The van der Waals surface area contributed by atoms with Gasteiger partial charge in [0.15, 0.2) is 5.69 Å². The Balaban J connectivity index is 1.76. The van der Waals surface area contributed by atoms with E-state index in [0.29, 0.717) is 17.3 Å². The number of rotatable bonds is 4. The van der Waals surface area contributed by atoms with Crippen molar-refractivity contribution in [2.45, 2.75) is 6.92 Å². The van der Waals surface area contributed by atoms with Crippen LogP contribution in [-0.4, -0.2) is 41.7 Å². The molecule has 0 unspecified atom stereocenters. The molecule has 2 heterocycles. The third-order valence-electron chi connectivity index (χ3n) is 4.02. The summed E-state index contributed by atoms with van der Waals surface area (Å²) in [6, 6.07) is 15.3. The van der Waals surface area contributed by atoms with Crippen molar-refractivity contribution in [2.75, 3.05) is 0 Å². The van der Waals surface area contributed by atoms with Crippen molar-refractivity contribution in [1.29, 1.82) is 0 Å². The number of H-pyrrole nitrogens is 2. The Bertz CT molecular complexity index is 1070. The highest BCUT2D eigenvalue weighted by Crippen LogP contribution is 2.31. The highest BCUT2D eigenvalue weighted by Gasteiger charge is 2.17. The summed E-state index contributed by atoms with van der Waals surface area (Å²) in [6.07, 6.45) is 0. The van der Waals surface area contributed by atoms with Crippen molar-refractivity contribution in [3.63, 3.8) is 0 Å². The van der Waals surface area contributed by atoms with Crippen LogP contribution in [0.4, 0.5) is 0 Å². The SMILES string of the molecule is Cc1nc(-c2ccc(-c3ccccc3-c3nn[nH]n3)cc2)c(C(=O)O)[nH]1. The third-order valence-corrected chi connectivity index (χ3v) is 4.02. The summed E-state index contributed by atoms with van der Waals surface area (Å²) >= 11 is 0. The summed E-state index contributed by atoms with van der Waals surface area (Å²) in [5.41, 5.74) is 4.01. The van der Waals surface area contributed by atoms with Crippen molar-refractivity contribution in [1.82, 2.24) is 30.6 Å². The predicted molar refractivity (Wildman–Crippen MR) is 94.3 cm³/mol. The Kier molecular flexibility index (Phi) is 3.77. The molecule has 0 radical (unpaired) electrons. The number of aromatic nitrogens is 6. The fourth-order valence-electron chi connectivity index (χ4n) is 2.87. The van der Waals surface area contributed by atoms with Gasteiger partial charge in [0, 0.05) is 11.1 Å². The van der Waals surface area contributed by atoms with E-state index in [0.717, 1.165) is 22.3 Å². The number of aromatic carboxylic acids is 1. The van der Waals surface area contributed by atoms with Gasteiger partial charge >= 0.3 is 5.97 Å². The van der Waals surface area contributed by atoms with E-state index < -0.39 is 5.97 Å². The second kappa shape index (κ2) is 6.25. The van der Waals surface area contributed by atoms with Crippen LogP contribution >= 0.6 is 0 Å². The monoisotopic (exact) mass is 346 g/mol. The lowest BCUT2D eigenvalue weighted by Crippen LogP contribution is -1.99. The molecule has 0 aliphatic heterocycles. The lowest BCUT2D eigenvalue weighted by atomic mass is 9.97. The molecule has 0 bridgehead atoms. The van der Waals surface area contributed by atoms with Gasteiger partial charge in [-0.1, -0.05) is 48.5 Å². The van der Waals surface area contributed by atoms with E-state index in [1.807, 2.05) is 48.5 Å². The molecule has 0 amide bonds. The van der Waals surface area contributed by atoms with Crippen LogP contribution in [-0.2, 0) is 0 Å². The fraction of sp³-hybridized carbons (Fsp3) is 0.0556. The van der Waals surface area contributed by atoms with Crippen molar-refractivity contribution in [2.24, 2.45) is 0 Å². The summed E-state index contributed by atoms with van der Waals surface area (Å²) in [4.78, 5) is 18.5. The predicted octanol–water partition coefficient (Wildman–Crippen LogP) is 2.93. The van der Waals surface area contributed by atoms with E-state index in [1.165, 1.54) is 0 Å².